The number of nitrogens with one attached hydrogen (secondary N) is 1. The quantitative estimate of drug-likeness (QED) is 0.519. The molecule has 0 radical (unpaired) electrons. The minimum Gasteiger partial charge on any atom is -0.497 e. The first-order valence-corrected chi connectivity index (χ1v) is 9.07. The van der Waals surface area contributed by atoms with E-state index in [1.54, 1.807) is 13.2 Å². The summed E-state index contributed by atoms with van der Waals surface area (Å²) < 4.78 is 5.23. The Kier molecular flexibility index (Phi) is 5.64. The Morgan fingerprint density at radius 3 is 2.81 bits per heavy atom. The Bertz CT molecular complexity index is 1050. The zero-order valence-corrected chi connectivity index (χ0v) is 15.7. The highest BCUT2D eigenvalue weighted by Crippen LogP contribution is 2.27. The van der Waals surface area contributed by atoms with E-state index in [0.717, 1.165) is 21.9 Å². The first-order valence-electron chi connectivity index (χ1n) is 8.19. The molecule has 0 aliphatic rings. The van der Waals surface area contributed by atoms with E-state index in [-0.39, 0.29) is 5.57 Å². The van der Waals surface area contributed by atoms with Gasteiger partial charge in [0.2, 0.25) is 0 Å². The lowest BCUT2D eigenvalue weighted by molar-refractivity contribution is -0.112. The number of nitrogens with zero attached hydrogens (tertiary/aromatic N) is 2. The second-order valence-corrected chi connectivity index (χ2v) is 6.61. The number of ether oxygens (including phenoxy) is 1. The van der Waals surface area contributed by atoms with E-state index in [1.165, 1.54) is 17.4 Å². The fourth-order valence-corrected chi connectivity index (χ4v) is 3.21. The summed E-state index contributed by atoms with van der Waals surface area (Å²) in [5.74, 6) is 0.290. The van der Waals surface area contributed by atoms with Crippen LogP contribution >= 0.6 is 11.3 Å². The smallest absolute Gasteiger partial charge is 0.266 e. The van der Waals surface area contributed by atoms with Gasteiger partial charge in [-0.3, -0.25) is 4.79 Å². The van der Waals surface area contributed by atoms with E-state index in [0.29, 0.717) is 11.4 Å². The van der Waals surface area contributed by atoms with Crippen molar-refractivity contribution in [3.8, 4) is 22.4 Å². The first-order chi connectivity index (χ1) is 13.1. The molecule has 3 aromatic rings. The lowest BCUT2D eigenvalue weighted by Gasteiger charge is -2.06. The monoisotopic (exact) mass is 375 g/mol. The lowest BCUT2D eigenvalue weighted by atomic mass is 10.1. The van der Waals surface area contributed by atoms with Gasteiger partial charge in [0.25, 0.3) is 5.91 Å². The summed E-state index contributed by atoms with van der Waals surface area (Å²) in [5.41, 5.74) is 3.09. The standard InChI is InChI=1S/C21H17N3O2S/c1-14-6-3-4-9-19(14)24-20(25)16(12-22)10-17-13-27-21(23-17)15-7-5-8-18(11-15)26-2/h3-11,13H,1-2H3,(H,24,25). The summed E-state index contributed by atoms with van der Waals surface area (Å²) in [6, 6.07) is 16.9. The SMILES string of the molecule is COc1cccc(-c2nc(C=C(C#N)C(=O)Nc3ccccc3C)cs2)c1. The minimum absolute atomic E-state index is 0.000690. The van der Waals surface area contributed by atoms with E-state index in [4.69, 9.17) is 4.74 Å². The van der Waals surface area contributed by atoms with Gasteiger partial charge in [0, 0.05) is 16.6 Å². The number of rotatable bonds is 5. The van der Waals surface area contributed by atoms with Crippen LogP contribution in [0.2, 0.25) is 0 Å². The predicted octanol–water partition coefficient (Wildman–Crippen LogP) is 4.67. The molecular formula is C21H17N3O2S. The first kappa shape index (κ1) is 18.4. The van der Waals surface area contributed by atoms with Gasteiger partial charge in [0.15, 0.2) is 0 Å². The Morgan fingerprint density at radius 1 is 1.26 bits per heavy atom. The molecule has 0 unspecified atom stereocenters. The molecule has 0 saturated carbocycles. The highest BCUT2D eigenvalue weighted by atomic mass is 32.1. The largest absolute Gasteiger partial charge is 0.497 e. The number of hydrogen-bond acceptors (Lipinski definition) is 5. The fraction of sp³-hybridized carbons (Fsp3) is 0.0952. The highest BCUT2D eigenvalue weighted by molar-refractivity contribution is 7.13. The molecular weight excluding hydrogens is 358 g/mol. The van der Waals surface area contributed by atoms with Crippen LogP contribution in [0.4, 0.5) is 5.69 Å². The number of carbonyl (C=O) groups is 1. The van der Waals surface area contributed by atoms with Gasteiger partial charge in [-0.05, 0) is 36.8 Å². The van der Waals surface area contributed by atoms with E-state index in [2.05, 4.69) is 10.3 Å². The number of anilines is 1. The molecule has 0 aliphatic heterocycles. The lowest BCUT2D eigenvalue weighted by Crippen LogP contribution is -2.14. The predicted molar refractivity (Wildman–Crippen MR) is 108 cm³/mol. The Labute approximate surface area is 161 Å². The minimum atomic E-state index is -0.456. The molecule has 2 aromatic carbocycles. The van der Waals surface area contributed by atoms with Gasteiger partial charge in [0.1, 0.15) is 22.4 Å². The van der Waals surface area contributed by atoms with Crippen molar-refractivity contribution >= 4 is 29.0 Å². The van der Waals surface area contributed by atoms with Gasteiger partial charge in [0.05, 0.1) is 12.8 Å². The Hall–Kier alpha value is -3.43. The molecule has 134 valence electrons. The molecule has 0 bridgehead atoms. The van der Waals surface area contributed by atoms with Crippen LogP contribution in [-0.2, 0) is 4.79 Å². The number of carbonyl (C=O) groups excluding carboxylic acids is 1. The van der Waals surface area contributed by atoms with Crippen LogP contribution in [0.15, 0.2) is 59.5 Å². The molecule has 1 amide bonds. The van der Waals surface area contributed by atoms with Crippen LogP contribution in [0.25, 0.3) is 16.6 Å². The molecule has 0 saturated heterocycles. The normalized spacial score (nSPS) is 10.9. The molecule has 1 aromatic heterocycles. The maximum atomic E-state index is 12.4. The van der Waals surface area contributed by atoms with Crippen LogP contribution in [-0.4, -0.2) is 18.0 Å². The van der Waals surface area contributed by atoms with Crippen molar-refractivity contribution in [2.24, 2.45) is 0 Å². The van der Waals surface area contributed by atoms with Crippen LogP contribution in [0.5, 0.6) is 5.75 Å². The van der Waals surface area contributed by atoms with Crippen molar-refractivity contribution in [3.05, 3.63) is 70.7 Å². The number of aryl methyl sites for hydroxylation is 1. The number of methoxy groups -OCH3 is 1. The molecule has 3 rings (SSSR count). The molecule has 6 heteroatoms. The zero-order valence-electron chi connectivity index (χ0n) is 14.9. The third kappa shape index (κ3) is 4.40. The Morgan fingerprint density at radius 2 is 2.07 bits per heavy atom. The molecule has 0 atom stereocenters. The maximum Gasteiger partial charge on any atom is 0.266 e. The second kappa shape index (κ2) is 8.30. The van der Waals surface area contributed by atoms with Crippen molar-refractivity contribution in [1.29, 1.82) is 5.26 Å². The second-order valence-electron chi connectivity index (χ2n) is 5.75. The molecule has 0 spiro atoms. The molecule has 5 nitrogen and oxygen atoms in total. The van der Waals surface area contributed by atoms with Gasteiger partial charge < -0.3 is 10.1 Å². The summed E-state index contributed by atoms with van der Waals surface area (Å²) >= 11 is 1.44. The van der Waals surface area contributed by atoms with Crippen molar-refractivity contribution in [2.45, 2.75) is 6.92 Å². The number of aromatic nitrogens is 1. The number of para-hydroxylation sites is 1. The number of nitriles is 1. The van der Waals surface area contributed by atoms with Crippen molar-refractivity contribution in [1.82, 2.24) is 4.98 Å². The third-order valence-corrected chi connectivity index (χ3v) is 4.80. The summed E-state index contributed by atoms with van der Waals surface area (Å²) in [7, 11) is 1.61. The van der Waals surface area contributed by atoms with E-state index in [1.807, 2.05) is 60.8 Å². The van der Waals surface area contributed by atoms with Crippen molar-refractivity contribution < 1.29 is 9.53 Å². The average molecular weight is 375 g/mol. The summed E-state index contributed by atoms with van der Waals surface area (Å²) in [5, 5.41) is 14.7. The van der Waals surface area contributed by atoms with E-state index < -0.39 is 5.91 Å². The van der Waals surface area contributed by atoms with Gasteiger partial charge in [-0.25, -0.2) is 4.98 Å². The van der Waals surface area contributed by atoms with Crippen LogP contribution in [0.1, 0.15) is 11.3 Å². The van der Waals surface area contributed by atoms with E-state index in [9.17, 15) is 10.1 Å². The average Bonchev–Trinajstić information content (AvgIpc) is 3.16. The Balaban J connectivity index is 1.82. The fourth-order valence-electron chi connectivity index (χ4n) is 2.44. The summed E-state index contributed by atoms with van der Waals surface area (Å²) in [4.78, 5) is 16.9. The highest BCUT2D eigenvalue weighted by Gasteiger charge is 2.12. The van der Waals surface area contributed by atoms with Crippen LogP contribution in [0.3, 0.4) is 0 Å². The summed E-state index contributed by atoms with van der Waals surface area (Å²) in [6.45, 7) is 1.90. The number of thiazole rings is 1. The van der Waals surface area contributed by atoms with Crippen LogP contribution in [0, 0.1) is 18.3 Å². The molecule has 1 N–H and O–H groups in total. The van der Waals surface area contributed by atoms with Gasteiger partial charge in [-0.1, -0.05) is 30.3 Å². The number of benzene rings is 2. The zero-order chi connectivity index (χ0) is 19.2. The van der Waals surface area contributed by atoms with Crippen molar-refractivity contribution in [2.75, 3.05) is 12.4 Å². The van der Waals surface area contributed by atoms with Crippen LogP contribution < -0.4 is 10.1 Å². The molecule has 0 aliphatic carbocycles. The topological polar surface area (TPSA) is 75.0 Å². The van der Waals surface area contributed by atoms with Crippen molar-refractivity contribution in [3.63, 3.8) is 0 Å². The third-order valence-electron chi connectivity index (χ3n) is 3.89. The summed E-state index contributed by atoms with van der Waals surface area (Å²) in [6.07, 6.45) is 1.49. The number of hydrogen-bond donors (Lipinski definition) is 1. The van der Waals surface area contributed by atoms with Gasteiger partial charge >= 0.3 is 0 Å². The number of amides is 1. The molecule has 1 heterocycles. The van der Waals surface area contributed by atoms with Gasteiger partial charge in [-0.15, -0.1) is 11.3 Å². The maximum absolute atomic E-state index is 12.4. The van der Waals surface area contributed by atoms with E-state index >= 15 is 0 Å². The molecule has 0 fully saturated rings. The molecule has 27 heavy (non-hydrogen) atoms. The van der Waals surface area contributed by atoms with Gasteiger partial charge in [-0.2, -0.15) is 5.26 Å².